The van der Waals surface area contributed by atoms with Crippen LogP contribution in [0.2, 0.25) is 0 Å². The molecule has 0 saturated heterocycles. The molecule has 0 aliphatic rings. The summed E-state index contributed by atoms with van der Waals surface area (Å²) in [6.45, 7) is 4.85. The minimum Gasteiger partial charge on any atom is -0.467 e. The summed E-state index contributed by atoms with van der Waals surface area (Å²) in [6, 6.07) is 3.79. The second kappa shape index (κ2) is 6.78. The summed E-state index contributed by atoms with van der Waals surface area (Å²) >= 11 is 1.52. The van der Waals surface area contributed by atoms with Gasteiger partial charge < -0.3 is 13.5 Å². The van der Waals surface area contributed by atoms with Gasteiger partial charge in [-0.25, -0.2) is 0 Å². The molecule has 0 saturated carbocycles. The SMILES string of the molecule is CC(C)Cc1nc(CSc2nncn2Cc2ccco2)no1. The van der Waals surface area contributed by atoms with Crippen molar-refractivity contribution in [2.45, 2.75) is 37.7 Å². The normalized spacial score (nSPS) is 11.4. The lowest BCUT2D eigenvalue weighted by molar-refractivity contribution is 0.360. The Morgan fingerprint density at radius 1 is 1.36 bits per heavy atom. The summed E-state index contributed by atoms with van der Waals surface area (Å²) in [5, 5.41) is 12.8. The standard InChI is InChI=1S/C14H17N5O2S/c1-10(2)6-13-16-12(18-21-13)8-22-14-17-15-9-19(14)7-11-4-3-5-20-11/h3-5,9-10H,6-8H2,1-2H3. The predicted molar refractivity (Wildman–Crippen MR) is 80.2 cm³/mol. The molecule has 0 aromatic carbocycles. The lowest BCUT2D eigenvalue weighted by Crippen LogP contribution is -1.99. The lowest BCUT2D eigenvalue weighted by atomic mass is 10.1. The van der Waals surface area contributed by atoms with Crippen LogP contribution in [0.25, 0.3) is 0 Å². The van der Waals surface area contributed by atoms with Crippen LogP contribution in [0.15, 0.2) is 38.8 Å². The van der Waals surface area contributed by atoms with Crippen LogP contribution in [-0.2, 0) is 18.7 Å². The van der Waals surface area contributed by atoms with Crippen molar-refractivity contribution in [2.75, 3.05) is 0 Å². The summed E-state index contributed by atoms with van der Waals surface area (Å²) in [5.74, 6) is 3.31. The van der Waals surface area contributed by atoms with Gasteiger partial charge in [0, 0.05) is 6.42 Å². The van der Waals surface area contributed by atoms with E-state index < -0.39 is 0 Å². The van der Waals surface area contributed by atoms with Crippen LogP contribution in [0.5, 0.6) is 0 Å². The average molecular weight is 319 g/mol. The van der Waals surface area contributed by atoms with Gasteiger partial charge in [-0.1, -0.05) is 30.8 Å². The Labute approximate surface area is 132 Å². The van der Waals surface area contributed by atoms with Gasteiger partial charge in [-0.15, -0.1) is 10.2 Å². The number of hydrogen-bond acceptors (Lipinski definition) is 7. The molecule has 3 aromatic heterocycles. The topological polar surface area (TPSA) is 82.8 Å². The Balaban J connectivity index is 1.60. The quantitative estimate of drug-likeness (QED) is 0.619. The zero-order chi connectivity index (χ0) is 15.4. The third kappa shape index (κ3) is 3.76. The van der Waals surface area contributed by atoms with Crippen LogP contribution in [0.4, 0.5) is 0 Å². The number of hydrogen-bond donors (Lipinski definition) is 0. The van der Waals surface area contributed by atoms with Crippen molar-refractivity contribution in [3.63, 3.8) is 0 Å². The highest BCUT2D eigenvalue weighted by Gasteiger charge is 2.12. The Kier molecular flexibility index (Phi) is 4.57. The maximum absolute atomic E-state index is 5.34. The van der Waals surface area contributed by atoms with E-state index >= 15 is 0 Å². The van der Waals surface area contributed by atoms with E-state index in [1.165, 1.54) is 11.8 Å². The predicted octanol–water partition coefficient (Wildman–Crippen LogP) is 2.79. The Bertz CT molecular complexity index is 704. The molecule has 22 heavy (non-hydrogen) atoms. The van der Waals surface area contributed by atoms with Gasteiger partial charge in [0.05, 0.1) is 18.6 Å². The first-order valence-electron chi connectivity index (χ1n) is 7.05. The number of thioether (sulfide) groups is 1. The Morgan fingerprint density at radius 3 is 3.05 bits per heavy atom. The second-order valence-corrected chi connectivity index (χ2v) is 6.25. The molecule has 0 unspecified atom stereocenters. The third-order valence-electron chi connectivity index (χ3n) is 2.91. The smallest absolute Gasteiger partial charge is 0.226 e. The van der Waals surface area contributed by atoms with Gasteiger partial charge in [-0.05, 0) is 18.1 Å². The first-order chi connectivity index (χ1) is 10.7. The van der Waals surface area contributed by atoms with Crippen molar-refractivity contribution >= 4 is 11.8 Å². The van der Waals surface area contributed by atoms with E-state index in [0.29, 0.717) is 29.9 Å². The summed E-state index contributed by atoms with van der Waals surface area (Å²) < 4.78 is 12.5. The van der Waals surface area contributed by atoms with E-state index in [1.807, 2.05) is 16.7 Å². The van der Waals surface area contributed by atoms with E-state index in [1.54, 1.807) is 12.6 Å². The van der Waals surface area contributed by atoms with Crippen LogP contribution >= 0.6 is 11.8 Å². The van der Waals surface area contributed by atoms with Crippen molar-refractivity contribution in [1.29, 1.82) is 0 Å². The highest BCUT2D eigenvalue weighted by Crippen LogP contribution is 2.20. The van der Waals surface area contributed by atoms with E-state index in [2.05, 4.69) is 34.2 Å². The molecule has 0 N–H and O–H groups in total. The lowest BCUT2D eigenvalue weighted by Gasteiger charge is -2.02. The minimum absolute atomic E-state index is 0.498. The highest BCUT2D eigenvalue weighted by molar-refractivity contribution is 7.98. The average Bonchev–Trinajstić information content (AvgIpc) is 3.19. The minimum atomic E-state index is 0.498. The van der Waals surface area contributed by atoms with Crippen molar-refractivity contribution in [3.05, 3.63) is 42.2 Å². The van der Waals surface area contributed by atoms with Crippen molar-refractivity contribution in [1.82, 2.24) is 24.9 Å². The summed E-state index contributed by atoms with van der Waals surface area (Å²) in [5.41, 5.74) is 0. The van der Waals surface area contributed by atoms with Crippen molar-refractivity contribution < 1.29 is 8.94 Å². The van der Waals surface area contributed by atoms with Crippen molar-refractivity contribution in [2.24, 2.45) is 5.92 Å². The maximum Gasteiger partial charge on any atom is 0.226 e. The van der Waals surface area contributed by atoms with Crippen LogP contribution in [0.1, 0.15) is 31.3 Å². The van der Waals surface area contributed by atoms with Gasteiger partial charge >= 0.3 is 0 Å². The van der Waals surface area contributed by atoms with Crippen LogP contribution < -0.4 is 0 Å². The number of rotatable bonds is 7. The number of aromatic nitrogens is 5. The van der Waals surface area contributed by atoms with Gasteiger partial charge in [-0.3, -0.25) is 0 Å². The molecular weight excluding hydrogens is 302 g/mol. The van der Waals surface area contributed by atoms with Gasteiger partial charge in [0.25, 0.3) is 0 Å². The molecule has 0 radical (unpaired) electrons. The van der Waals surface area contributed by atoms with E-state index in [-0.39, 0.29) is 0 Å². The fourth-order valence-corrected chi connectivity index (χ4v) is 2.70. The Hall–Kier alpha value is -2.09. The molecule has 3 aromatic rings. The number of furan rings is 1. The molecule has 0 fully saturated rings. The van der Waals surface area contributed by atoms with Crippen LogP contribution in [0.3, 0.4) is 0 Å². The molecule has 0 amide bonds. The number of nitrogens with zero attached hydrogens (tertiary/aromatic N) is 5. The third-order valence-corrected chi connectivity index (χ3v) is 3.89. The van der Waals surface area contributed by atoms with E-state index in [0.717, 1.165) is 17.3 Å². The summed E-state index contributed by atoms with van der Waals surface area (Å²) in [6.07, 6.45) is 4.14. The zero-order valence-electron chi connectivity index (χ0n) is 12.5. The molecule has 0 atom stereocenters. The van der Waals surface area contributed by atoms with Gasteiger partial charge in [0.2, 0.25) is 5.89 Å². The Morgan fingerprint density at radius 2 is 2.27 bits per heavy atom. The van der Waals surface area contributed by atoms with E-state index in [4.69, 9.17) is 8.94 Å². The molecule has 3 rings (SSSR count). The van der Waals surface area contributed by atoms with Crippen LogP contribution in [0, 0.1) is 5.92 Å². The fraction of sp³-hybridized carbons (Fsp3) is 0.429. The maximum atomic E-state index is 5.34. The van der Waals surface area contributed by atoms with Crippen molar-refractivity contribution in [3.8, 4) is 0 Å². The van der Waals surface area contributed by atoms with Gasteiger partial charge in [-0.2, -0.15) is 4.98 Å². The first kappa shape index (κ1) is 14.8. The summed E-state index contributed by atoms with van der Waals surface area (Å²) in [7, 11) is 0. The van der Waals surface area contributed by atoms with E-state index in [9.17, 15) is 0 Å². The monoisotopic (exact) mass is 319 g/mol. The molecule has 116 valence electrons. The largest absolute Gasteiger partial charge is 0.467 e. The fourth-order valence-electron chi connectivity index (χ4n) is 1.95. The zero-order valence-corrected chi connectivity index (χ0v) is 13.3. The molecule has 0 aliphatic carbocycles. The molecule has 7 nitrogen and oxygen atoms in total. The second-order valence-electron chi connectivity index (χ2n) is 5.31. The summed E-state index contributed by atoms with van der Waals surface area (Å²) in [4.78, 5) is 4.38. The molecule has 3 heterocycles. The molecule has 0 aliphatic heterocycles. The molecule has 0 spiro atoms. The molecule has 0 bridgehead atoms. The first-order valence-corrected chi connectivity index (χ1v) is 8.03. The van der Waals surface area contributed by atoms with Gasteiger partial charge in [0.1, 0.15) is 12.1 Å². The van der Waals surface area contributed by atoms with Crippen LogP contribution in [-0.4, -0.2) is 24.9 Å². The molecule has 8 heteroatoms. The molecular formula is C14H17N5O2S. The highest BCUT2D eigenvalue weighted by atomic mass is 32.2. The van der Waals surface area contributed by atoms with Gasteiger partial charge in [0.15, 0.2) is 11.0 Å².